The van der Waals surface area contributed by atoms with Gasteiger partial charge in [-0.1, -0.05) is 18.5 Å². The lowest BCUT2D eigenvalue weighted by atomic mass is 10.2. The van der Waals surface area contributed by atoms with E-state index in [9.17, 15) is 0 Å². The van der Waals surface area contributed by atoms with Gasteiger partial charge >= 0.3 is 0 Å². The summed E-state index contributed by atoms with van der Waals surface area (Å²) in [6, 6.07) is 0. The first kappa shape index (κ1) is 12.6. The minimum atomic E-state index is 0.274. The van der Waals surface area contributed by atoms with Gasteiger partial charge in [-0.2, -0.15) is 5.10 Å². The molecule has 0 aliphatic heterocycles. The summed E-state index contributed by atoms with van der Waals surface area (Å²) in [5, 5.41) is 7.86. The molecule has 6 nitrogen and oxygen atoms in total. The Morgan fingerprint density at radius 1 is 1.44 bits per heavy atom. The van der Waals surface area contributed by atoms with Crippen LogP contribution in [0.1, 0.15) is 18.2 Å². The maximum Gasteiger partial charge on any atom is 0.150 e. The van der Waals surface area contributed by atoms with Crippen LogP contribution in [0.2, 0.25) is 5.02 Å². The second-order valence-electron chi connectivity index (χ2n) is 3.90. The Balaban J connectivity index is 2.13. The van der Waals surface area contributed by atoms with E-state index < -0.39 is 0 Å². The van der Waals surface area contributed by atoms with Crippen molar-refractivity contribution in [2.24, 2.45) is 7.05 Å². The van der Waals surface area contributed by atoms with Crippen molar-refractivity contribution < 1.29 is 0 Å². The van der Waals surface area contributed by atoms with E-state index in [1.165, 1.54) is 6.33 Å². The molecule has 0 bridgehead atoms. The number of aromatic nitrogens is 4. The molecule has 0 fully saturated rings. The molecule has 3 N–H and O–H groups in total. The Morgan fingerprint density at radius 2 is 2.22 bits per heavy atom. The molecule has 0 spiro atoms. The Bertz CT molecular complexity index is 550. The van der Waals surface area contributed by atoms with Gasteiger partial charge in [0.2, 0.25) is 0 Å². The van der Waals surface area contributed by atoms with Crippen molar-refractivity contribution in [3.8, 4) is 0 Å². The fourth-order valence-corrected chi connectivity index (χ4v) is 1.88. The van der Waals surface area contributed by atoms with Crippen LogP contribution in [-0.2, 0) is 20.0 Å². The normalized spacial score (nSPS) is 10.6. The van der Waals surface area contributed by atoms with E-state index in [4.69, 9.17) is 17.3 Å². The monoisotopic (exact) mass is 266 g/mol. The number of hydrogen-bond acceptors (Lipinski definition) is 5. The summed E-state index contributed by atoms with van der Waals surface area (Å²) >= 11 is 6.00. The van der Waals surface area contributed by atoms with E-state index in [0.29, 0.717) is 17.4 Å². The van der Waals surface area contributed by atoms with E-state index in [0.717, 1.165) is 17.7 Å². The first-order chi connectivity index (χ1) is 8.61. The zero-order valence-corrected chi connectivity index (χ0v) is 11.1. The summed E-state index contributed by atoms with van der Waals surface area (Å²) in [5.74, 6) is 0.811. The molecule has 0 atom stereocenters. The summed E-state index contributed by atoms with van der Waals surface area (Å²) in [7, 11) is 1.90. The summed E-state index contributed by atoms with van der Waals surface area (Å²) in [6.07, 6.45) is 4.25. The molecule has 0 aliphatic rings. The van der Waals surface area contributed by atoms with Crippen LogP contribution in [0.3, 0.4) is 0 Å². The molecule has 96 valence electrons. The highest BCUT2D eigenvalue weighted by atomic mass is 35.5. The summed E-state index contributed by atoms with van der Waals surface area (Å²) < 4.78 is 1.80. The highest BCUT2D eigenvalue weighted by molar-refractivity contribution is 6.35. The average molecular weight is 267 g/mol. The van der Waals surface area contributed by atoms with E-state index in [1.54, 1.807) is 4.68 Å². The van der Waals surface area contributed by atoms with Crippen LogP contribution >= 0.6 is 11.6 Å². The molecule has 0 unspecified atom stereocenters. The van der Waals surface area contributed by atoms with Gasteiger partial charge < -0.3 is 11.1 Å². The Morgan fingerprint density at radius 3 is 2.94 bits per heavy atom. The van der Waals surface area contributed by atoms with Crippen LogP contribution in [0.5, 0.6) is 0 Å². The summed E-state index contributed by atoms with van der Waals surface area (Å²) in [5.41, 5.74) is 7.79. The quantitative estimate of drug-likeness (QED) is 0.879. The number of anilines is 2. The highest BCUT2D eigenvalue weighted by Crippen LogP contribution is 2.23. The number of rotatable bonds is 4. The lowest BCUT2D eigenvalue weighted by molar-refractivity contribution is 0.746. The van der Waals surface area contributed by atoms with Crippen molar-refractivity contribution in [1.82, 2.24) is 19.7 Å². The zero-order valence-electron chi connectivity index (χ0n) is 10.3. The van der Waals surface area contributed by atoms with Crippen molar-refractivity contribution in [3.05, 3.63) is 28.8 Å². The lowest BCUT2D eigenvalue weighted by Gasteiger charge is -2.07. The third-order valence-electron chi connectivity index (χ3n) is 2.59. The Hall–Kier alpha value is -1.82. The molecule has 0 amide bonds. The predicted octanol–water partition coefficient (Wildman–Crippen LogP) is 1.62. The van der Waals surface area contributed by atoms with Gasteiger partial charge in [0.05, 0.1) is 5.69 Å². The molecular weight excluding hydrogens is 252 g/mol. The molecule has 0 saturated carbocycles. The van der Waals surface area contributed by atoms with Crippen LogP contribution in [0, 0.1) is 0 Å². The maximum absolute atomic E-state index is 6.00. The molecule has 2 rings (SSSR count). The van der Waals surface area contributed by atoms with Gasteiger partial charge in [0.15, 0.2) is 5.82 Å². The van der Waals surface area contributed by atoms with E-state index in [1.807, 2.05) is 13.2 Å². The minimum absolute atomic E-state index is 0.274. The summed E-state index contributed by atoms with van der Waals surface area (Å²) in [4.78, 5) is 7.87. The number of nitrogens with zero attached hydrogens (tertiary/aromatic N) is 4. The van der Waals surface area contributed by atoms with Gasteiger partial charge in [0.25, 0.3) is 0 Å². The minimum Gasteiger partial charge on any atom is -0.382 e. The second kappa shape index (κ2) is 5.22. The van der Waals surface area contributed by atoms with Crippen molar-refractivity contribution in [1.29, 1.82) is 0 Å². The molecule has 18 heavy (non-hydrogen) atoms. The Kier molecular flexibility index (Phi) is 3.66. The fourth-order valence-electron chi connectivity index (χ4n) is 1.71. The number of halogens is 1. The van der Waals surface area contributed by atoms with Gasteiger partial charge in [-0.15, -0.1) is 0 Å². The van der Waals surface area contributed by atoms with E-state index >= 15 is 0 Å². The predicted molar refractivity (Wildman–Crippen MR) is 71.4 cm³/mol. The molecule has 0 aliphatic carbocycles. The molecule has 2 aromatic heterocycles. The largest absolute Gasteiger partial charge is 0.382 e. The average Bonchev–Trinajstić information content (AvgIpc) is 2.71. The van der Waals surface area contributed by atoms with Crippen LogP contribution < -0.4 is 11.1 Å². The third-order valence-corrected chi connectivity index (χ3v) is 2.96. The molecular formula is C11H15ClN6. The molecule has 2 heterocycles. The molecule has 7 heteroatoms. The topological polar surface area (TPSA) is 81.7 Å². The zero-order chi connectivity index (χ0) is 13.1. The number of nitrogens with one attached hydrogen (secondary N) is 1. The van der Waals surface area contributed by atoms with Crippen LogP contribution in [0.4, 0.5) is 11.6 Å². The van der Waals surface area contributed by atoms with Crippen LogP contribution in [0.25, 0.3) is 0 Å². The highest BCUT2D eigenvalue weighted by Gasteiger charge is 2.09. The second-order valence-corrected chi connectivity index (χ2v) is 4.28. The Labute approximate surface area is 110 Å². The van der Waals surface area contributed by atoms with Crippen LogP contribution in [-0.4, -0.2) is 19.7 Å². The third kappa shape index (κ3) is 2.53. The number of nitrogen functional groups attached to an aromatic ring is 1. The number of aryl methyl sites for hydroxylation is 2. The van der Waals surface area contributed by atoms with Gasteiger partial charge in [-0.25, -0.2) is 9.97 Å². The van der Waals surface area contributed by atoms with Gasteiger partial charge in [-0.05, 0) is 6.42 Å². The molecule has 2 aromatic rings. The fraction of sp³-hybridized carbons (Fsp3) is 0.364. The first-order valence-corrected chi connectivity index (χ1v) is 6.00. The standard InChI is InChI=1S/C11H15ClN6/c1-3-8-7(5-18(2)17-8)4-14-11-9(12)10(13)15-6-16-11/h5-6H,3-4H2,1-2H3,(H3,13,14,15,16). The summed E-state index contributed by atoms with van der Waals surface area (Å²) in [6.45, 7) is 2.68. The first-order valence-electron chi connectivity index (χ1n) is 5.63. The van der Waals surface area contributed by atoms with E-state index in [-0.39, 0.29) is 5.82 Å². The number of hydrogen-bond donors (Lipinski definition) is 2. The van der Waals surface area contributed by atoms with Gasteiger partial charge in [-0.3, -0.25) is 4.68 Å². The van der Waals surface area contributed by atoms with Crippen LogP contribution in [0.15, 0.2) is 12.5 Å². The SMILES string of the molecule is CCc1nn(C)cc1CNc1ncnc(N)c1Cl. The maximum atomic E-state index is 6.00. The van der Waals surface area contributed by atoms with Crippen molar-refractivity contribution in [3.63, 3.8) is 0 Å². The lowest BCUT2D eigenvalue weighted by Crippen LogP contribution is -2.05. The molecule has 0 radical (unpaired) electrons. The molecule has 0 saturated heterocycles. The number of nitrogens with two attached hydrogens (primary N) is 1. The van der Waals surface area contributed by atoms with Crippen molar-refractivity contribution in [2.75, 3.05) is 11.1 Å². The van der Waals surface area contributed by atoms with Gasteiger partial charge in [0.1, 0.15) is 17.2 Å². The molecule has 0 aromatic carbocycles. The van der Waals surface area contributed by atoms with Gasteiger partial charge in [0, 0.05) is 25.4 Å². The smallest absolute Gasteiger partial charge is 0.150 e. The van der Waals surface area contributed by atoms with Crippen molar-refractivity contribution >= 4 is 23.2 Å². The van der Waals surface area contributed by atoms with Crippen molar-refractivity contribution in [2.45, 2.75) is 19.9 Å². The van der Waals surface area contributed by atoms with E-state index in [2.05, 4.69) is 27.3 Å².